The molecule has 0 saturated carbocycles. The van der Waals surface area contributed by atoms with Crippen LogP contribution in [0.5, 0.6) is 0 Å². The van der Waals surface area contributed by atoms with Crippen LogP contribution in [0, 0.1) is 0 Å². The number of anilines is 2. The van der Waals surface area contributed by atoms with Crippen LogP contribution in [-0.2, 0) is 0 Å². The number of carbonyl (C=O) groups is 2. The van der Waals surface area contributed by atoms with Crippen molar-refractivity contribution in [3.63, 3.8) is 0 Å². The molecule has 0 fully saturated rings. The molecule has 0 saturated heterocycles. The molecule has 0 atom stereocenters. The lowest BCUT2D eigenvalue weighted by atomic mass is 10.2. The van der Waals surface area contributed by atoms with Crippen LogP contribution in [0.3, 0.4) is 0 Å². The molecule has 4 amide bonds. The van der Waals surface area contributed by atoms with E-state index in [-0.39, 0.29) is 16.9 Å². The Morgan fingerprint density at radius 1 is 1.10 bits per heavy atom. The number of primary amides is 2. The average molecular weight is 280 g/mol. The van der Waals surface area contributed by atoms with Gasteiger partial charge in [-0.3, -0.25) is 0 Å². The lowest BCUT2D eigenvalue weighted by Gasteiger charge is -2.22. The van der Waals surface area contributed by atoms with E-state index in [0.29, 0.717) is 20.2 Å². The van der Waals surface area contributed by atoms with Crippen LogP contribution in [0.25, 0.3) is 10.9 Å². The van der Waals surface area contributed by atoms with E-state index in [1.54, 1.807) is 0 Å². The minimum atomic E-state index is -0.993. The zero-order chi connectivity index (χ0) is 15.0. The van der Waals surface area contributed by atoms with Crippen molar-refractivity contribution in [3.05, 3.63) is 18.3 Å². The van der Waals surface area contributed by atoms with Crippen molar-refractivity contribution in [3.8, 4) is 0 Å². The molecule has 1 aromatic heterocycles. The predicted molar refractivity (Wildman–Crippen MR) is 69.4 cm³/mol. The highest BCUT2D eigenvalue weighted by atomic mass is 16.5. The molecular weight excluding hydrogens is 268 g/mol. The van der Waals surface area contributed by atoms with Gasteiger partial charge in [-0.15, -0.1) is 9.94 Å². The third-order valence-electron chi connectivity index (χ3n) is 2.64. The lowest BCUT2D eigenvalue weighted by molar-refractivity contribution is 0.161. The quantitative estimate of drug-likeness (QED) is 0.199. The van der Waals surface area contributed by atoms with Gasteiger partial charge in [0, 0.05) is 5.39 Å². The van der Waals surface area contributed by atoms with E-state index in [1.807, 2.05) is 0 Å². The number of carbonyl (C=O) groups excluding carboxylic acids is 2. The van der Waals surface area contributed by atoms with Crippen molar-refractivity contribution in [2.45, 2.75) is 0 Å². The number of nitrogens with two attached hydrogens (primary N) is 4. The van der Waals surface area contributed by atoms with Gasteiger partial charge in [0.1, 0.15) is 5.52 Å². The standard InChI is InChI=1S/C9H12N8O3/c10-8(18)15(12)6-1-4-3-14-17(20)5(4)2-7(6)16(13)9(11)19/h1-3,20H,12-13H2,(H2,10,18)(H2,11,19). The maximum Gasteiger partial charge on any atom is 0.333 e. The second-order valence-electron chi connectivity index (χ2n) is 3.85. The number of hydrogen-bond donors (Lipinski definition) is 5. The summed E-state index contributed by atoms with van der Waals surface area (Å²) >= 11 is 0. The summed E-state index contributed by atoms with van der Waals surface area (Å²) in [6.45, 7) is 0. The largest absolute Gasteiger partial charge is 0.411 e. The zero-order valence-electron chi connectivity index (χ0n) is 10.1. The Morgan fingerprint density at radius 2 is 1.60 bits per heavy atom. The van der Waals surface area contributed by atoms with Crippen molar-refractivity contribution in [2.75, 3.05) is 10.0 Å². The number of hydrazine groups is 2. The van der Waals surface area contributed by atoms with Crippen molar-refractivity contribution < 1.29 is 14.8 Å². The molecule has 20 heavy (non-hydrogen) atoms. The van der Waals surface area contributed by atoms with Crippen molar-refractivity contribution in [1.82, 2.24) is 9.94 Å². The summed E-state index contributed by atoms with van der Waals surface area (Å²) in [7, 11) is 0. The van der Waals surface area contributed by atoms with E-state index in [2.05, 4.69) is 5.10 Å². The van der Waals surface area contributed by atoms with Crippen LogP contribution >= 0.6 is 0 Å². The van der Waals surface area contributed by atoms with Gasteiger partial charge in [-0.1, -0.05) is 0 Å². The first kappa shape index (κ1) is 13.4. The summed E-state index contributed by atoms with van der Waals surface area (Å²) < 4.78 is 0. The van der Waals surface area contributed by atoms with E-state index in [0.717, 1.165) is 0 Å². The molecule has 106 valence electrons. The summed E-state index contributed by atoms with van der Waals surface area (Å²) in [5.41, 5.74) is 10.4. The molecular formula is C9H12N8O3. The fourth-order valence-corrected chi connectivity index (χ4v) is 1.66. The maximum atomic E-state index is 11.2. The molecule has 9 N–H and O–H groups in total. The molecule has 1 heterocycles. The Kier molecular flexibility index (Phi) is 3.05. The molecule has 11 nitrogen and oxygen atoms in total. The van der Waals surface area contributed by atoms with E-state index >= 15 is 0 Å². The second-order valence-corrected chi connectivity index (χ2v) is 3.85. The third-order valence-corrected chi connectivity index (χ3v) is 2.64. The average Bonchev–Trinajstić information content (AvgIpc) is 2.76. The predicted octanol–water partition coefficient (Wildman–Crippen LogP) is -1.21. The summed E-state index contributed by atoms with van der Waals surface area (Å²) in [6, 6.07) is 0.690. The number of amides is 4. The second kappa shape index (κ2) is 4.56. The fourth-order valence-electron chi connectivity index (χ4n) is 1.66. The zero-order valence-corrected chi connectivity index (χ0v) is 10.1. The minimum absolute atomic E-state index is 0.0258. The van der Waals surface area contributed by atoms with Crippen LogP contribution in [0.1, 0.15) is 0 Å². The van der Waals surface area contributed by atoms with Crippen molar-refractivity contribution in [1.29, 1.82) is 0 Å². The molecule has 0 aliphatic rings. The van der Waals surface area contributed by atoms with Crippen LogP contribution in [0.2, 0.25) is 0 Å². The first-order valence-corrected chi connectivity index (χ1v) is 5.22. The normalized spacial score (nSPS) is 10.5. The van der Waals surface area contributed by atoms with Gasteiger partial charge < -0.3 is 16.7 Å². The molecule has 0 aliphatic heterocycles. The minimum Gasteiger partial charge on any atom is -0.411 e. The van der Waals surface area contributed by atoms with Crippen LogP contribution in [-0.4, -0.2) is 27.2 Å². The van der Waals surface area contributed by atoms with E-state index < -0.39 is 12.1 Å². The molecule has 0 radical (unpaired) electrons. The van der Waals surface area contributed by atoms with Gasteiger partial charge >= 0.3 is 12.1 Å². The van der Waals surface area contributed by atoms with Crippen LogP contribution in [0.4, 0.5) is 21.0 Å². The highest BCUT2D eigenvalue weighted by molar-refractivity contribution is 6.03. The van der Waals surface area contributed by atoms with Crippen LogP contribution < -0.4 is 33.2 Å². The Hall–Kier alpha value is -3.05. The van der Waals surface area contributed by atoms with Gasteiger partial charge in [0.05, 0.1) is 17.6 Å². The number of nitrogens with zero attached hydrogens (tertiary/aromatic N) is 4. The van der Waals surface area contributed by atoms with Gasteiger partial charge in [0.15, 0.2) is 0 Å². The summed E-state index contributed by atoms with van der Waals surface area (Å²) in [5.74, 6) is 11.0. The summed E-state index contributed by atoms with van der Waals surface area (Å²) in [6.07, 6.45) is 1.32. The summed E-state index contributed by atoms with van der Waals surface area (Å²) in [5, 5.41) is 14.7. The number of fused-ring (bicyclic) bond motifs is 1. The molecule has 0 unspecified atom stereocenters. The Balaban J connectivity index is 2.72. The van der Waals surface area contributed by atoms with E-state index in [9.17, 15) is 14.8 Å². The monoisotopic (exact) mass is 280 g/mol. The Labute approximate surface area is 111 Å². The maximum absolute atomic E-state index is 11.2. The third kappa shape index (κ3) is 2.02. The number of hydrogen-bond acceptors (Lipinski definition) is 6. The number of aromatic nitrogens is 2. The number of urea groups is 2. The first-order valence-electron chi connectivity index (χ1n) is 5.22. The lowest BCUT2D eigenvalue weighted by Crippen LogP contribution is -2.46. The SMILES string of the molecule is NC(=O)N(N)c1cc2cnn(O)c2cc1N(N)C(N)=O. The van der Waals surface area contributed by atoms with E-state index in [4.69, 9.17) is 23.2 Å². The fraction of sp³-hybridized carbons (Fsp3) is 0. The van der Waals surface area contributed by atoms with Gasteiger partial charge in [0.25, 0.3) is 0 Å². The number of rotatable bonds is 2. The van der Waals surface area contributed by atoms with Crippen molar-refractivity contribution in [2.24, 2.45) is 23.2 Å². The molecule has 1 aromatic carbocycles. The van der Waals surface area contributed by atoms with E-state index in [1.165, 1.54) is 18.3 Å². The van der Waals surface area contributed by atoms with Gasteiger partial charge in [-0.25, -0.2) is 31.3 Å². The molecule has 0 aliphatic carbocycles. The highest BCUT2D eigenvalue weighted by Gasteiger charge is 2.21. The van der Waals surface area contributed by atoms with Crippen LogP contribution in [0.15, 0.2) is 18.3 Å². The molecule has 0 spiro atoms. The van der Waals surface area contributed by atoms with Gasteiger partial charge in [0.2, 0.25) is 0 Å². The molecule has 0 bridgehead atoms. The molecule has 2 rings (SSSR count). The molecule has 11 heteroatoms. The molecule has 2 aromatic rings. The summed E-state index contributed by atoms with van der Waals surface area (Å²) in [4.78, 5) is 22.9. The highest BCUT2D eigenvalue weighted by Crippen LogP contribution is 2.31. The topological polar surface area (TPSA) is 183 Å². The number of benzene rings is 1. The van der Waals surface area contributed by atoms with Gasteiger partial charge in [-0.05, 0) is 12.1 Å². The van der Waals surface area contributed by atoms with Gasteiger partial charge in [-0.2, -0.15) is 0 Å². The van der Waals surface area contributed by atoms with Crippen molar-refractivity contribution >= 4 is 34.3 Å². The smallest absolute Gasteiger partial charge is 0.333 e. The first-order chi connectivity index (χ1) is 9.32. The Morgan fingerprint density at radius 3 is 2.10 bits per heavy atom. The Bertz CT molecular complexity index is 696.